The lowest BCUT2D eigenvalue weighted by atomic mass is 9.80. The highest BCUT2D eigenvalue weighted by Gasteiger charge is 2.29. The summed E-state index contributed by atoms with van der Waals surface area (Å²) in [6.45, 7) is 2.32. The molecule has 0 aliphatic heterocycles. The maximum atomic E-state index is 2.55. The minimum Gasteiger partial charge on any atom is -0.0622 e. The van der Waals surface area contributed by atoms with Crippen molar-refractivity contribution < 1.29 is 0 Å². The number of hydrogen-bond donors (Lipinski definition) is 0. The largest absolute Gasteiger partial charge is 0.0622 e. The fraction of sp³-hybridized carbons (Fsp3) is 0.0182. The zero-order valence-corrected chi connectivity index (χ0v) is 30.2. The van der Waals surface area contributed by atoms with Crippen LogP contribution in [0.4, 0.5) is 0 Å². The fourth-order valence-electron chi connectivity index (χ4n) is 10.7. The standard InChI is InChI=1S/C55H32/c1-31-28-45-44-30-47-46(29-43(44)41-27-26-40-39-24-12-18-32-19-13-25-42(49(32)39)48(31)53(40)52(41)45)50(33-14-4-2-5-15-33)54-37-22-10-8-20-35(37)36-21-9-11-23-38(36)55(54)51(47)34-16-6-3-7-17-34/h2-30H,1H3. The summed E-state index contributed by atoms with van der Waals surface area (Å²) >= 11 is 0. The lowest BCUT2D eigenvalue weighted by molar-refractivity contribution is 1.56. The van der Waals surface area contributed by atoms with Crippen LogP contribution in [0, 0.1) is 6.92 Å². The van der Waals surface area contributed by atoms with Gasteiger partial charge in [0.15, 0.2) is 0 Å². The molecule has 13 rings (SSSR count). The zero-order chi connectivity index (χ0) is 35.9. The Morgan fingerprint density at radius 3 is 1.33 bits per heavy atom. The highest BCUT2D eigenvalue weighted by molar-refractivity contribution is 6.40. The first-order valence-corrected chi connectivity index (χ1v) is 19.4. The van der Waals surface area contributed by atoms with Crippen LogP contribution >= 0.6 is 0 Å². The first kappa shape index (κ1) is 29.4. The van der Waals surface area contributed by atoms with Crippen molar-refractivity contribution >= 4 is 86.2 Å². The van der Waals surface area contributed by atoms with Gasteiger partial charge in [-0.3, -0.25) is 0 Å². The average molecular weight is 693 g/mol. The Balaban J connectivity index is 1.28. The number of benzene rings is 12. The number of aryl methyl sites for hydroxylation is 1. The Morgan fingerprint density at radius 1 is 0.255 bits per heavy atom. The lowest BCUT2D eigenvalue weighted by Gasteiger charge is -2.22. The van der Waals surface area contributed by atoms with Gasteiger partial charge in [0.25, 0.3) is 0 Å². The van der Waals surface area contributed by atoms with E-state index in [-0.39, 0.29) is 0 Å². The molecule has 0 amide bonds. The summed E-state index contributed by atoms with van der Waals surface area (Å²) in [4.78, 5) is 0. The van der Waals surface area contributed by atoms with Crippen molar-refractivity contribution in [3.05, 3.63) is 181 Å². The summed E-state index contributed by atoms with van der Waals surface area (Å²) in [5.74, 6) is 0. The van der Waals surface area contributed by atoms with Crippen molar-refractivity contribution in [3.63, 3.8) is 0 Å². The maximum Gasteiger partial charge on any atom is -0.000763 e. The molecule has 0 unspecified atom stereocenters. The van der Waals surface area contributed by atoms with E-state index in [1.165, 1.54) is 136 Å². The second kappa shape index (κ2) is 10.6. The predicted molar refractivity (Wildman–Crippen MR) is 238 cm³/mol. The molecule has 0 saturated heterocycles. The van der Waals surface area contributed by atoms with Gasteiger partial charge in [-0.2, -0.15) is 0 Å². The second-order valence-electron chi connectivity index (χ2n) is 15.5. The van der Waals surface area contributed by atoms with Gasteiger partial charge in [0.05, 0.1) is 0 Å². The molecule has 0 radical (unpaired) electrons. The van der Waals surface area contributed by atoms with E-state index in [4.69, 9.17) is 0 Å². The van der Waals surface area contributed by atoms with Crippen molar-refractivity contribution in [2.75, 3.05) is 0 Å². The summed E-state index contributed by atoms with van der Waals surface area (Å²) in [6.07, 6.45) is 0. The molecule has 12 aromatic rings. The molecule has 0 fully saturated rings. The van der Waals surface area contributed by atoms with Gasteiger partial charge in [-0.25, -0.2) is 0 Å². The molecule has 0 heteroatoms. The second-order valence-corrected chi connectivity index (χ2v) is 15.5. The van der Waals surface area contributed by atoms with Gasteiger partial charge in [-0.05, 0) is 155 Å². The quantitative estimate of drug-likeness (QED) is 0.125. The van der Waals surface area contributed by atoms with E-state index < -0.39 is 0 Å². The molecule has 0 aromatic heterocycles. The van der Waals surface area contributed by atoms with Crippen molar-refractivity contribution in [2.24, 2.45) is 0 Å². The van der Waals surface area contributed by atoms with E-state index in [0.29, 0.717) is 0 Å². The SMILES string of the molecule is Cc1cc2c3c(ccc4c5cccc6cccc(c1c34)c65)-c1cc3c(-c4ccccc4)c4c5ccccc5c5ccccc5c4c(-c4ccccc4)c3cc1-2. The van der Waals surface area contributed by atoms with E-state index >= 15 is 0 Å². The molecule has 252 valence electrons. The average Bonchev–Trinajstić information content (AvgIpc) is 3.55. The smallest absolute Gasteiger partial charge is 0.000763 e. The van der Waals surface area contributed by atoms with Gasteiger partial charge in [0.1, 0.15) is 0 Å². The Labute approximate surface area is 317 Å². The third-order valence-corrected chi connectivity index (χ3v) is 12.8. The van der Waals surface area contributed by atoms with Gasteiger partial charge >= 0.3 is 0 Å². The maximum absolute atomic E-state index is 2.55. The van der Waals surface area contributed by atoms with Crippen LogP contribution in [0.25, 0.3) is 131 Å². The summed E-state index contributed by atoms with van der Waals surface area (Å²) in [5, 5.41) is 21.3. The Kier molecular flexibility index (Phi) is 5.65. The van der Waals surface area contributed by atoms with E-state index in [0.717, 1.165) is 0 Å². The monoisotopic (exact) mass is 692 g/mol. The van der Waals surface area contributed by atoms with Gasteiger partial charge < -0.3 is 0 Å². The summed E-state index contributed by atoms with van der Waals surface area (Å²) in [7, 11) is 0. The Hall–Kier alpha value is -7.02. The Bertz CT molecular complexity index is 3620. The summed E-state index contributed by atoms with van der Waals surface area (Å²) in [6, 6.07) is 66.3. The molecule has 12 aromatic carbocycles. The van der Waals surface area contributed by atoms with E-state index in [1.54, 1.807) is 0 Å². The molecule has 0 heterocycles. The summed E-state index contributed by atoms with van der Waals surface area (Å²) < 4.78 is 0. The van der Waals surface area contributed by atoms with Crippen LogP contribution in [-0.4, -0.2) is 0 Å². The van der Waals surface area contributed by atoms with Crippen LogP contribution in [-0.2, 0) is 0 Å². The molecule has 0 atom stereocenters. The van der Waals surface area contributed by atoms with E-state index in [1.807, 2.05) is 0 Å². The third-order valence-electron chi connectivity index (χ3n) is 12.8. The molecular formula is C55H32. The lowest BCUT2D eigenvalue weighted by Crippen LogP contribution is -1.94. The van der Waals surface area contributed by atoms with Crippen molar-refractivity contribution in [1.29, 1.82) is 0 Å². The third kappa shape index (κ3) is 3.71. The van der Waals surface area contributed by atoms with E-state index in [2.05, 4.69) is 183 Å². The van der Waals surface area contributed by atoms with Crippen LogP contribution < -0.4 is 0 Å². The molecule has 0 nitrogen and oxygen atoms in total. The van der Waals surface area contributed by atoms with Crippen molar-refractivity contribution in [1.82, 2.24) is 0 Å². The molecule has 1 aliphatic carbocycles. The van der Waals surface area contributed by atoms with Crippen LogP contribution in [0.2, 0.25) is 0 Å². The van der Waals surface area contributed by atoms with E-state index in [9.17, 15) is 0 Å². The van der Waals surface area contributed by atoms with Crippen LogP contribution in [0.15, 0.2) is 176 Å². The molecule has 1 aliphatic rings. The topological polar surface area (TPSA) is 0 Å². The normalized spacial score (nSPS) is 12.5. The van der Waals surface area contributed by atoms with Gasteiger partial charge in [0, 0.05) is 0 Å². The summed E-state index contributed by atoms with van der Waals surface area (Å²) in [5.41, 5.74) is 11.8. The molecular weight excluding hydrogens is 661 g/mol. The van der Waals surface area contributed by atoms with Crippen molar-refractivity contribution in [2.45, 2.75) is 6.92 Å². The molecule has 55 heavy (non-hydrogen) atoms. The Morgan fingerprint density at radius 2 is 0.727 bits per heavy atom. The highest BCUT2D eigenvalue weighted by atomic mass is 14.3. The number of fused-ring (bicyclic) bond motifs is 12. The van der Waals surface area contributed by atoms with Gasteiger partial charge in [-0.15, -0.1) is 0 Å². The first-order chi connectivity index (χ1) is 27.2. The van der Waals surface area contributed by atoms with Gasteiger partial charge in [-0.1, -0.05) is 164 Å². The van der Waals surface area contributed by atoms with Gasteiger partial charge in [0.2, 0.25) is 0 Å². The fourth-order valence-corrected chi connectivity index (χ4v) is 10.7. The minimum atomic E-state index is 1.24. The first-order valence-electron chi connectivity index (χ1n) is 19.4. The molecule has 0 bridgehead atoms. The zero-order valence-electron chi connectivity index (χ0n) is 30.2. The molecule has 0 saturated carbocycles. The predicted octanol–water partition coefficient (Wildman–Crippen LogP) is 15.6. The minimum absolute atomic E-state index is 1.24. The van der Waals surface area contributed by atoms with Crippen LogP contribution in [0.3, 0.4) is 0 Å². The van der Waals surface area contributed by atoms with Crippen molar-refractivity contribution in [3.8, 4) is 44.5 Å². The molecule has 0 spiro atoms. The van der Waals surface area contributed by atoms with Crippen LogP contribution in [0.1, 0.15) is 5.56 Å². The number of rotatable bonds is 2. The highest BCUT2D eigenvalue weighted by Crippen LogP contribution is 2.57. The van der Waals surface area contributed by atoms with Crippen LogP contribution in [0.5, 0.6) is 0 Å². The molecule has 0 N–H and O–H groups in total. The number of hydrogen-bond acceptors (Lipinski definition) is 0.